The van der Waals surface area contributed by atoms with Gasteiger partial charge in [0.2, 0.25) is 11.8 Å². The molecular weight excluding hydrogens is 252 g/mol. The molecule has 18 heavy (non-hydrogen) atoms. The second-order valence-electron chi connectivity index (χ2n) is 3.62. The van der Waals surface area contributed by atoms with Crippen LogP contribution >= 0.6 is 11.8 Å². The maximum Gasteiger partial charge on any atom is 0.230 e. The van der Waals surface area contributed by atoms with Crippen molar-refractivity contribution in [2.24, 2.45) is 0 Å². The minimum Gasteiger partial charge on any atom is -0.508 e. The van der Waals surface area contributed by atoms with Crippen LogP contribution in [0.15, 0.2) is 29.2 Å². The maximum absolute atomic E-state index is 11.4. The molecule has 1 aromatic rings. The van der Waals surface area contributed by atoms with Crippen molar-refractivity contribution in [3.05, 3.63) is 24.3 Å². The van der Waals surface area contributed by atoms with Crippen molar-refractivity contribution in [1.29, 1.82) is 0 Å². The zero-order valence-corrected chi connectivity index (χ0v) is 10.9. The predicted octanol–water partition coefficient (Wildman–Crippen LogP) is 0.737. The van der Waals surface area contributed by atoms with Gasteiger partial charge in [-0.05, 0) is 18.2 Å². The summed E-state index contributed by atoms with van der Waals surface area (Å²) in [4.78, 5) is 22.9. The van der Waals surface area contributed by atoms with E-state index in [0.717, 1.165) is 4.90 Å². The maximum atomic E-state index is 11.4. The van der Waals surface area contributed by atoms with Gasteiger partial charge in [0.15, 0.2) is 0 Å². The first-order valence-electron chi connectivity index (χ1n) is 5.51. The SMILES string of the molecule is CC(=O)NCCNC(=O)CSc1cccc(O)c1. The molecular formula is C12H16N2O3S. The minimum atomic E-state index is -0.113. The lowest BCUT2D eigenvalue weighted by atomic mass is 10.3. The molecule has 3 N–H and O–H groups in total. The molecule has 0 atom stereocenters. The van der Waals surface area contributed by atoms with Gasteiger partial charge in [-0.15, -0.1) is 11.8 Å². The molecule has 98 valence electrons. The van der Waals surface area contributed by atoms with E-state index in [1.54, 1.807) is 18.2 Å². The van der Waals surface area contributed by atoms with Gasteiger partial charge in [0.05, 0.1) is 5.75 Å². The van der Waals surface area contributed by atoms with Gasteiger partial charge in [0.1, 0.15) is 5.75 Å². The van der Waals surface area contributed by atoms with Crippen molar-refractivity contribution in [3.8, 4) is 5.75 Å². The van der Waals surface area contributed by atoms with E-state index in [4.69, 9.17) is 0 Å². The fourth-order valence-corrected chi connectivity index (χ4v) is 1.99. The van der Waals surface area contributed by atoms with Crippen molar-refractivity contribution in [2.75, 3.05) is 18.8 Å². The largest absolute Gasteiger partial charge is 0.508 e. The topological polar surface area (TPSA) is 78.4 Å². The number of carbonyl (C=O) groups is 2. The number of phenolic OH excluding ortho intramolecular Hbond substituents is 1. The van der Waals surface area contributed by atoms with E-state index in [1.807, 2.05) is 6.07 Å². The zero-order valence-electron chi connectivity index (χ0n) is 10.1. The van der Waals surface area contributed by atoms with E-state index >= 15 is 0 Å². The summed E-state index contributed by atoms with van der Waals surface area (Å²) in [5.74, 6) is 0.252. The quantitative estimate of drug-likeness (QED) is 0.525. The number of aromatic hydroxyl groups is 1. The molecule has 0 spiro atoms. The van der Waals surface area contributed by atoms with Gasteiger partial charge < -0.3 is 15.7 Å². The van der Waals surface area contributed by atoms with Crippen LogP contribution in [0.4, 0.5) is 0 Å². The Balaban J connectivity index is 2.19. The molecule has 0 heterocycles. The molecule has 0 unspecified atom stereocenters. The number of hydrogen-bond acceptors (Lipinski definition) is 4. The summed E-state index contributed by atoms with van der Waals surface area (Å²) >= 11 is 1.35. The lowest BCUT2D eigenvalue weighted by Gasteiger charge is -2.05. The lowest BCUT2D eigenvalue weighted by molar-refractivity contribution is -0.120. The number of rotatable bonds is 6. The predicted molar refractivity (Wildman–Crippen MR) is 70.5 cm³/mol. The van der Waals surface area contributed by atoms with E-state index < -0.39 is 0 Å². The number of phenols is 1. The van der Waals surface area contributed by atoms with Crippen LogP contribution in [0.5, 0.6) is 5.75 Å². The fraction of sp³-hybridized carbons (Fsp3) is 0.333. The number of carbonyl (C=O) groups excluding carboxylic acids is 2. The standard InChI is InChI=1S/C12H16N2O3S/c1-9(15)13-5-6-14-12(17)8-18-11-4-2-3-10(16)7-11/h2-4,7,16H,5-6,8H2,1H3,(H,13,15)(H,14,17). The van der Waals surface area contributed by atoms with Crippen LogP contribution in [0.3, 0.4) is 0 Å². The highest BCUT2D eigenvalue weighted by Gasteiger charge is 2.02. The normalized spacial score (nSPS) is 9.83. The number of thioether (sulfide) groups is 1. The van der Waals surface area contributed by atoms with Gasteiger partial charge in [-0.3, -0.25) is 9.59 Å². The minimum absolute atomic E-state index is 0.103. The summed E-state index contributed by atoms with van der Waals surface area (Å²) in [5.41, 5.74) is 0. The molecule has 0 aliphatic heterocycles. The van der Waals surface area contributed by atoms with Crippen LogP contribution in [0.2, 0.25) is 0 Å². The summed E-state index contributed by atoms with van der Waals surface area (Å²) in [6.07, 6.45) is 0. The third-order valence-corrected chi connectivity index (χ3v) is 3.00. The summed E-state index contributed by atoms with van der Waals surface area (Å²) < 4.78 is 0. The number of nitrogens with one attached hydrogen (secondary N) is 2. The average molecular weight is 268 g/mol. The van der Waals surface area contributed by atoms with Crippen LogP contribution in [-0.4, -0.2) is 35.8 Å². The molecule has 0 aromatic heterocycles. The molecule has 0 saturated heterocycles. The van der Waals surface area contributed by atoms with Gasteiger partial charge in [-0.2, -0.15) is 0 Å². The third kappa shape index (κ3) is 6.15. The average Bonchev–Trinajstić information content (AvgIpc) is 2.32. The summed E-state index contributed by atoms with van der Waals surface area (Å²) in [5, 5.41) is 14.5. The molecule has 0 bridgehead atoms. The highest BCUT2D eigenvalue weighted by atomic mass is 32.2. The molecule has 5 nitrogen and oxygen atoms in total. The molecule has 0 radical (unpaired) electrons. The van der Waals surface area contributed by atoms with Gasteiger partial charge in [0, 0.05) is 24.9 Å². The molecule has 0 aliphatic rings. The van der Waals surface area contributed by atoms with E-state index in [2.05, 4.69) is 10.6 Å². The summed E-state index contributed by atoms with van der Waals surface area (Å²) in [6.45, 7) is 2.27. The Morgan fingerprint density at radius 2 is 2.00 bits per heavy atom. The van der Waals surface area contributed by atoms with Crippen molar-refractivity contribution < 1.29 is 14.7 Å². The first-order valence-corrected chi connectivity index (χ1v) is 6.49. The Labute approximate surface area is 110 Å². The second kappa shape index (κ2) is 7.60. The first kappa shape index (κ1) is 14.4. The van der Waals surface area contributed by atoms with Gasteiger partial charge >= 0.3 is 0 Å². The summed E-state index contributed by atoms with van der Waals surface area (Å²) in [7, 11) is 0. The number of hydrogen-bond donors (Lipinski definition) is 3. The molecule has 0 aliphatic carbocycles. The lowest BCUT2D eigenvalue weighted by Crippen LogP contribution is -2.34. The highest BCUT2D eigenvalue weighted by molar-refractivity contribution is 8.00. The molecule has 1 aromatic carbocycles. The van der Waals surface area contributed by atoms with Crippen LogP contribution in [0, 0.1) is 0 Å². The zero-order chi connectivity index (χ0) is 13.4. The van der Waals surface area contributed by atoms with E-state index in [-0.39, 0.29) is 23.3 Å². The Morgan fingerprint density at radius 1 is 1.28 bits per heavy atom. The molecule has 1 rings (SSSR count). The van der Waals surface area contributed by atoms with Gasteiger partial charge in [-0.25, -0.2) is 0 Å². The van der Waals surface area contributed by atoms with Crippen LogP contribution in [0.1, 0.15) is 6.92 Å². The number of amides is 2. The van der Waals surface area contributed by atoms with Crippen LogP contribution < -0.4 is 10.6 Å². The van der Waals surface area contributed by atoms with Crippen molar-refractivity contribution in [1.82, 2.24) is 10.6 Å². The van der Waals surface area contributed by atoms with E-state index in [0.29, 0.717) is 13.1 Å². The fourth-order valence-electron chi connectivity index (χ4n) is 1.21. The van der Waals surface area contributed by atoms with E-state index in [1.165, 1.54) is 18.7 Å². The third-order valence-electron chi connectivity index (χ3n) is 2.01. The van der Waals surface area contributed by atoms with Crippen molar-refractivity contribution >= 4 is 23.6 Å². The first-order chi connectivity index (χ1) is 8.58. The van der Waals surface area contributed by atoms with Crippen LogP contribution in [0.25, 0.3) is 0 Å². The molecule has 6 heteroatoms. The second-order valence-corrected chi connectivity index (χ2v) is 4.67. The molecule has 2 amide bonds. The monoisotopic (exact) mass is 268 g/mol. The van der Waals surface area contributed by atoms with Crippen LogP contribution in [-0.2, 0) is 9.59 Å². The van der Waals surface area contributed by atoms with E-state index in [9.17, 15) is 14.7 Å². The smallest absolute Gasteiger partial charge is 0.230 e. The highest BCUT2D eigenvalue weighted by Crippen LogP contribution is 2.21. The molecule has 0 fully saturated rings. The van der Waals surface area contributed by atoms with Crippen molar-refractivity contribution in [3.63, 3.8) is 0 Å². The Kier molecular flexibility index (Phi) is 6.07. The number of benzene rings is 1. The summed E-state index contributed by atoms with van der Waals surface area (Å²) in [6, 6.07) is 6.74. The van der Waals surface area contributed by atoms with Crippen molar-refractivity contribution in [2.45, 2.75) is 11.8 Å². The molecule has 0 saturated carbocycles. The van der Waals surface area contributed by atoms with Gasteiger partial charge in [-0.1, -0.05) is 6.07 Å². The Hall–Kier alpha value is -1.69. The Morgan fingerprint density at radius 3 is 2.67 bits per heavy atom. The van der Waals surface area contributed by atoms with Gasteiger partial charge in [0.25, 0.3) is 0 Å². The Bertz CT molecular complexity index is 424.